The van der Waals surface area contributed by atoms with Crippen molar-refractivity contribution in [3.05, 3.63) is 76.8 Å². The third-order valence-electron chi connectivity index (χ3n) is 4.77. The summed E-state index contributed by atoms with van der Waals surface area (Å²) in [6, 6.07) is 21.3. The van der Waals surface area contributed by atoms with Crippen LogP contribution in [0.1, 0.15) is 23.3 Å². The lowest BCUT2D eigenvalue weighted by molar-refractivity contribution is 0.109. The molecule has 0 unspecified atom stereocenters. The van der Waals surface area contributed by atoms with Crippen molar-refractivity contribution in [1.82, 2.24) is 0 Å². The Kier molecular flexibility index (Phi) is 2.55. The molecule has 1 saturated heterocycles. The standard InChI is InChI=1S/C19H14ClNO/c20-13-7-9-14(10-8-13)21-11-22-19-16-6-2-4-12-3-1-5-15(17(12)16)18(19)21/h1-10,18-19H,11H2/t18-,19-/m0/s1. The maximum Gasteiger partial charge on any atom is 0.120 e. The highest BCUT2D eigenvalue weighted by molar-refractivity contribution is 6.30. The van der Waals surface area contributed by atoms with E-state index in [2.05, 4.69) is 53.4 Å². The first-order valence-corrected chi connectivity index (χ1v) is 7.86. The minimum absolute atomic E-state index is 0.122. The van der Waals surface area contributed by atoms with Gasteiger partial charge in [-0.3, -0.25) is 0 Å². The zero-order chi connectivity index (χ0) is 14.7. The minimum atomic E-state index is 0.122. The molecule has 2 nitrogen and oxygen atoms in total. The Balaban J connectivity index is 1.68. The predicted molar refractivity (Wildman–Crippen MR) is 89.3 cm³/mol. The maximum absolute atomic E-state index is 6.14. The lowest BCUT2D eigenvalue weighted by Crippen LogP contribution is -2.22. The van der Waals surface area contributed by atoms with E-state index in [4.69, 9.17) is 16.3 Å². The molecule has 1 fully saturated rings. The lowest BCUT2D eigenvalue weighted by atomic mass is 10.0. The Morgan fingerprint density at radius 3 is 2.41 bits per heavy atom. The van der Waals surface area contributed by atoms with Gasteiger partial charge >= 0.3 is 0 Å². The average molecular weight is 308 g/mol. The fourth-order valence-electron chi connectivity index (χ4n) is 3.84. The van der Waals surface area contributed by atoms with Crippen LogP contribution in [-0.2, 0) is 4.74 Å². The summed E-state index contributed by atoms with van der Waals surface area (Å²) >= 11 is 6.02. The van der Waals surface area contributed by atoms with Crippen molar-refractivity contribution in [2.24, 2.45) is 0 Å². The molecule has 3 aromatic rings. The number of rotatable bonds is 1. The average Bonchev–Trinajstić information content (AvgIpc) is 3.11. The van der Waals surface area contributed by atoms with Gasteiger partial charge in [-0.15, -0.1) is 0 Å². The molecule has 3 aromatic carbocycles. The zero-order valence-electron chi connectivity index (χ0n) is 11.9. The molecule has 0 amide bonds. The van der Waals surface area contributed by atoms with Crippen LogP contribution in [-0.4, -0.2) is 6.73 Å². The Bertz CT molecular complexity index is 869. The van der Waals surface area contributed by atoms with E-state index in [1.54, 1.807) is 0 Å². The summed E-state index contributed by atoms with van der Waals surface area (Å²) < 4.78 is 6.14. The van der Waals surface area contributed by atoms with E-state index in [1.807, 2.05) is 12.1 Å². The summed E-state index contributed by atoms with van der Waals surface area (Å²) in [7, 11) is 0. The minimum Gasteiger partial charge on any atom is -0.351 e. The van der Waals surface area contributed by atoms with Crippen LogP contribution in [0.5, 0.6) is 0 Å². The molecule has 0 aromatic heterocycles. The van der Waals surface area contributed by atoms with Crippen molar-refractivity contribution in [1.29, 1.82) is 0 Å². The molecular weight excluding hydrogens is 294 g/mol. The van der Waals surface area contributed by atoms with Crippen molar-refractivity contribution in [3.8, 4) is 0 Å². The van der Waals surface area contributed by atoms with E-state index in [9.17, 15) is 0 Å². The maximum atomic E-state index is 6.14. The summed E-state index contributed by atoms with van der Waals surface area (Å²) in [5, 5.41) is 3.42. The second kappa shape index (κ2) is 4.48. The number of anilines is 1. The molecule has 2 atom stereocenters. The summed E-state index contributed by atoms with van der Waals surface area (Å²) in [5.41, 5.74) is 3.84. The highest BCUT2D eigenvalue weighted by Gasteiger charge is 2.43. The Hall–Kier alpha value is -2.03. The Labute approximate surface area is 133 Å². The number of ether oxygens (including phenoxy) is 1. The van der Waals surface area contributed by atoms with Crippen LogP contribution in [0.3, 0.4) is 0 Å². The SMILES string of the molecule is Clc1ccc(N2CO[C@H]3c4cccc5cccc(c45)[C@@H]32)cc1. The molecule has 2 aliphatic rings. The van der Waals surface area contributed by atoms with Crippen molar-refractivity contribution in [3.63, 3.8) is 0 Å². The molecule has 3 heteroatoms. The van der Waals surface area contributed by atoms with Gasteiger partial charge in [0.25, 0.3) is 0 Å². The van der Waals surface area contributed by atoms with Gasteiger partial charge < -0.3 is 9.64 Å². The number of fused-ring (bicyclic) bond motifs is 3. The van der Waals surface area contributed by atoms with E-state index < -0.39 is 0 Å². The zero-order valence-corrected chi connectivity index (χ0v) is 12.6. The highest BCUT2D eigenvalue weighted by atomic mass is 35.5. The van der Waals surface area contributed by atoms with Gasteiger partial charge in [-0.2, -0.15) is 0 Å². The number of benzene rings is 3. The van der Waals surface area contributed by atoms with E-state index in [-0.39, 0.29) is 12.1 Å². The van der Waals surface area contributed by atoms with Crippen molar-refractivity contribution < 1.29 is 4.74 Å². The van der Waals surface area contributed by atoms with Gasteiger partial charge in [-0.25, -0.2) is 0 Å². The second-order valence-corrected chi connectivity index (χ2v) is 6.34. The number of hydrogen-bond donors (Lipinski definition) is 0. The van der Waals surface area contributed by atoms with Crippen LogP contribution in [0, 0.1) is 0 Å². The first kappa shape index (κ1) is 12.5. The molecule has 0 bridgehead atoms. The second-order valence-electron chi connectivity index (χ2n) is 5.90. The Morgan fingerprint density at radius 2 is 1.64 bits per heavy atom. The van der Waals surface area contributed by atoms with Gasteiger partial charge in [0.15, 0.2) is 0 Å². The summed E-state index contributed by atoms with van der Waals surface area (Å²) in [5.74, 6) is 0. The van der Waals surface area contributed by atoms with Crippen LogP contribution in [0.15, 0.2) is 60.7 Å². The largest absolute Gasteiger partial charge is 0.351 e. The van der Waals surface area contributed by atoms with Gasteiger partial charge in [0.2, 0.25) is 0 Å². The summed E-state index contributed by atoms with van der Waals surface area (Å²) in [6.45, 7) is 0.613. The van der Waals surface area contributed by atoms with Crippen molar-refractivity contribution in [2.45, 2.75) is 12.1 Å². The topological polar surface area (TPSA) is 12.5 Å². The quantitative estimate of drug-likeness (QED) is 0.621. The van der Waals surface area contributed by atoms with Gasteiger partial charge in [0.1, 0.15) is 12.8 Å². The number of hydrogen-bond acceptors (Lipinski definition) is 2. The van der Waals surface area contributed by atoms with E-state index in [0.29, 0.717) is 6.73 Å². The molecule has 0 saturated carbocycles. The van der Waals surface area contributed by atoms with Gasteiger partial charge in [0, 0.05) is 10.7 Å². The monoisotopic (exact) mass is 307 g/mol. The van der Waals surface area contributed by atoms with Crippen LogP contribution in [0.2, 0.25) is 5.02 Å². The summed E-state index contributed by atoms with van der Waals surface area (Å²) in [4.78, 5) is 2.33. The molecule has 0 radical (unpaired) electrons. The van der Waals surface area contributed by atoms with Gasteiger partial charge in [-0.1, -0.05) is 48.0 Å². The molecule has 0 spiro atoms. The lowest BCUT2D eigenvalue weighted by Gasteiger charge is -2.25. The molecule has 1 aliphatic heterocycles. The predicted octanol–water partition coefficient (Wildman–Crippen LogP) is 5.08. The van der Waals surface area contributed by atoms with Crippen LogP contribution >= 0.6 is 11.6 Å². The first-order valence-electron chi connectivity index (χ1n) is 7.48. The van der Waals surface area contributed by atoms with Crippen LogP contribution in [0.25, 0.3) is 10.8 Å². The van der Waals surface area contributed by atoms with E-state index in [0.717, 1.165) is 10.7 Å². The number of nitrogens with zero attached hydrogens (tertiary/aromatic N) is 1. The normalized spacial score (nSPS) is 22.3. The smallest absolute Gasteiger partial charge is 0.120 e. The van der Waals surface area contributed by atoms with Crippen molar-refractivity contribution in [2.75, 3.05) is 11.6 Å². The van der Waals surface area contributed by atoms with Crippen molar-refractivity contribution >= 4 is 28.1 Å². The fraction of sp³-hybridized carbons (Fsp3) is 0.158. The molecule has 1 heterocycles. The number of halogens is 1. The molecule has 0 N–H and O–H groups in total. The Morgan fingerprint density at radius 1 is 0.909 bits per heavy atom. The molecule has 22 heavy (non-hydrogen) atoms. The third kappa shape index (κ3) is 1.59. The van der Waals surface area contributed by atoms with Crippen LogP contribution < -0.4 is 4.90 Å². The molecule has 1 aliphatic carbocycles. The fourth-order valence-corrected chi connectivity index (χ4v) is 3.96. The third-order valence-corrected chi connectivity index (χ3v) is 5.02. The van der Waals surface area contributed by atoms with Crippen LogP contribution in [0.4, 0.5) is 5.69 Å². The molecular formula is C19H14ClNO. The summed E-state index contributed by atoms with van der Waals surface area (Å²) in [6.07, 6.45) is 0.122. The van der Waals surface area contributed by atoms with E-state index in [1.165, 1.54) is 21.9 Å². The van der Waals surface area contributed by atoms with E-state index >= 15 is 0 Å². The van der Waals surface area contributed by atoms with Gasteiger partial charge in [-0.05, 0) is 46.2 Å². The first-order chi connectivity index (χ1) is 10.8. The molecule has 5 rings (SSSR count). The highest BCUT2D eigenvalue weighted by Crippen LogP contribution is 2.53. The molecule has 108 valence electrons. The van der Waals surface area contributed by atoms with Gasteiger partial charge in [0.05, 0.1) is 6.04 Å².